The number of nitrogens with one attached hydrogen (secondary N) is 1. The van der Waals surface area contributed by atoms with Gasteiger partial charge in [0.2, 0.25) is 11.8 Å². The van der Waals surface area contributed by atoms with Crippen LogP contribution in [0.25, 0.3) is 0 Å². The number of hydrogen-bond donors (Lipinski definition) is 1. The Labute approximate surface area is 257 Å². The van der Waals surface area contributed by atoms with Crippen molar-refractivity contribution in [2.75, 3.05) is 31.6 Å². The number of rotatable bonds is 13. The van der Waals surface area contributed by atoms with Crippen molar-refractivity contribution in [2.24, 2.45) is 0 Å². The van der Waals surface area contributed by atoms with Crippen LogP contribution in [0, 0.1) is 6.92 Å². The number of anilines is 1. The highest BCUT2D eigenvalue weighted by Gasteiger charge is 2.34. The maximum Gasteiger partial charge on any atom is 0.264 e. The molecular weight excluding hydrogens is 601 g/mol. The van der Waals surface area contributed by atoms with Gasteiger partial charge in [0.05, 0.1) is 24.8 Å². The van der Waals surface area contributed by atoms with E-state index in [1.807, 2.05) is 6.92 Å². The van der Waals surface area contributed by atoms with Gasteiger partial charge < -0.3 is 19.7 Å². The van der Waals surface area contributed by atoms with E-state index >= 15 is 0 Å². The van der Waals surface area contributed by atoms with Crippen molar-refractivity contribution in [3.8, 4) is 11.5 Å². The Hall–Kier alpha value is -3.47. The summed E-state index contributed by atoms with van der Waals surface area (Å²) < 4.78 is 39.8. The van der Waals surface area contributed by atoms with Gasteiger partial charge in [0.15, 0.2) is 11.5 Å². The van der Waals surface area contributed by atoms with Gasteiger partial charge in [-0.2, -0.15) is 0 Å². The maximum absolute atomic E-state index is 14.1. The molecule has 1 atom stereocenters. The number of sulfonamides is 1. The second kappa shape index (κ2) is 14.6. The highest BCUT2D eigenvalue weighted by molar-refractivity contribution is 7.92. The van der Waals surface area contributed by atoms with E-state index in [0.29, 0.717) is 27.9 Å². The Bertz CT molecular complexity index is 1500. The van der Waals surface area contributed by atoms with Gasteiger partial charge in [-0.1, -0.05) is 53.9 Å². The quantitative estimate of drug-likeness (QED) is 0.267. The number of likely N-dealkylation sites (N-methyl/N-ethyl adjacent to an activating group) is 1. The lowest BCUT2D eigenvalue weighted by Crippen LogP contribution is -2.52. The SMILES string of the molecule is CCNC(=O)[C@@H](CC)N(Cc1c(Cl)cccc1Cl)C(=O)CN(c1ccc(C)cc1)S(=O)(=O)c1ccc(OC)c(OC)c1. The number of aryl methyl sites for hydroxylation is 1. The van der Waals surface area contributed by atoms with Crippen molar-refractivity contribution < 1.29 is 27.5 Å². The van der Waals surface area contributed by atoms with Crippen molar-refractivity contribution >= 4 is 50.7 Å². The number of nitrogens with zero attached hydrogens (tertiary/aromatic N) is 2. The van der Waals surface area contributed by atoms with Gasteiger partial charge in [-0.15, -0.1) is 0 Å². The first-order valence-corrected chi connectivity index (χ1v) is 15.5. The van der Waals surface area contributed by atoms with E-state index in [9.17, 15) is 18.0 Å². The van der Waals surface area contributed by atoms with Crippen molar-refractivity contribution in [1.29, 1.82) is 0 Å². The summed E-state index contributed by atoms with van der Waals surface area (Å²) in [5.41, 5.74) is 1.62. The summed E-state index contributed by atoms with van der Waals surface area (Å²) in [4.78, 5) is 28.5. The van der Waals surface area contributed by atoms with Crippen LogP contribution in [0.2, 0.25) is 10.0 Å². The highest BCUT2D eigenvalue weighted by Crippen LogP contribution is 2.33. The minimum absolute atomic E-state index is 0.106. The monoisotopic (exact) mass is 635 g/mol. The first kappa shape index (κ1) is 33.0. The fourth-order valence-electron chi connectivity index (χ4n) is 4.41. The van der Waals surface area contributed by atoms with Crippen LogP contribution < -0.4 is 19.1 Å². The molecule has 9 nitrogen and oxygen atoms in total. The van der Waals surface area contributed by atoms with Gasteiger partial charge >= 0.3 is 0 Å². The third-order valence-corrected chi connectivity index (χ3v) is 9.15. The minimum atomic E-state index is -4.31. The van der Waals surface area contributed by atoms with E-state index in [2.05, 4.69) is 5.32 Å². The molecule has 0 saturated carbocycles. The summed E-state index contributed by atoms with van der Waals surface area (Å²) in [5.74, 6) is -0.425. The molecule has 0 fully saturated rings. The molecule has 0 aliphatic rings. The van der Waals surface area contributed by atoms with Crippen LogP contribution in [0.15, 0.2) is 65.6 Å². The van der Waals surface area contributed by atoms with Gasteiger partial charge in [-0.05, 0) is 56.7 Å². The molecule has 0 aliphatic heterocycles. The molecule has 0 aliphatic carbocycles. The third kappa shape index (κ3) is 7.48. The Kier molecular flexibility index (Phi) is 11.5. The largest absolute Gasteiger partial charge is 0.493 e. The lowest BCUT2D eigenvalue weighted by atomic mass is 10.1. The molecule has 0 aromatic heterocycles. The molecule has 0 radical (unpaired) electrons. The number of methoxy groups -OCH3 is 2. The molecule has 1 N–H and O–H groups in total. The Morgan fingerprint density at radius 3 is 2.10 bits per heavy atom. The molecule has 3 aromatic carbocycles. The van der Waals surface area contributed by atoms with Crippen LogP contribution >= 0.6 is 23.2 Å². The topological polar surface area (TPSA) is 105 Å². The number of ether oxygens (including phenoxy) is 2. The molecule has 3 aromatic rings. The molecule has 12 heteroatoms. The van der Waals surface area contributed by atoms with Gasteiger partial charge in [-0.3, -0.25) is 13.9 Å². The average molecular weight is 637 g/mol. The zero-order valence-electron chi connectivity index (χ0n) is 24.2. The zero-order chi connectivity index (χ0) is 31.0. The van der Waals surface area contributed by atoms with E-state index in [4.69, 9.17) is 32.7 Å². The summed E-state index contributed by atoms with van der Waals surface area (Å²) in [6, 6.07) is 15.0. The fourth-order valence-corrected chi connectivity index (χ4v) is 6.36. The normalized spacial score (nSPS) is 11.9. The molecule has 2 amide bonds. The first-order valence-electron chi connectivity index (χ1n) is 13.3. The minimum Gasteiger partial charge on any atom is -0.493 e. The fraction of sp³-hybridized carbons (Fsp3) is 0.333. The first-order chi connectivity index (χ1) is 20.0. The van der Waals surface area contributed by atoms with Crippen molar-refractivity contribution in [2.45, 2.75) is 44.7 Å². The van der Waals surface area contributed by atoms with Crippen molar-refractivity contribution in [3.63, 3.8) is 0 Å². The number of carbonyl (C=O) groups excluding carboxylic acids is 2. The van der Waals surface area contributed by atoms with Crippen LogP contribution in [-0.4, -0.2) is 58.5 Å². The molecule has 0 bridgehead atoms. The summed E-state index contributed by atoms with van der Waals surface area (Å²) in [5, 5.41) is 3.40. The summed E-state index contributed by atoms with van der Waals surface area (Å²) in [6.07, 6.45) is 0.270. The Balaban J connectivity index is 2.13. The second-order valence-corrected chi connectivity index (χ2v) is 12.1. The molecule has 3 rings (SSSR count). The van der Waals surface area contributed by atoms with Crippen molar-refractivity contribution in [1.82, 2.24) is 10.2 Å². The van der Waals surface area contributed by atoms with Crippen LogP contribution in [0.1, 0.15) is 31.4 Å². The molecule has 0 heterocycles. The van der Waals surface area contributed by atoms with Crippen LogP contribution in [0.5, 0.6) is 11.5 Å². The predicted octanol–water partition coefficient (Wildman–Crippen LogP) is 5.46. The van der Waals surface area contributed by atoms with E-state index in [0.717, 1.165) is 9.87 Å². The lowest BCUT2D eigenvalue weighted by Gasteiger charge is -2.33. The maximum atomic E-state index is 14.1. The smallest absolute Gasteiger partial charge is 0.264 e. The zero-order valence-corrected chi connectivity index (χ0v) is 26.5. The number of carbonyl (C=O) groups is 2. The molecule has 0 spiro atoms. The molecule has 226 valence electrons. The molecular formula is C30H35Cl2N3O6S. The second-order valence-electron chi connectivity index (χ2n) is 9.40. The summed E-state index contributed by atoms with van der Waals surface area (Å²) >= 11 is 12.9. The Morgan fingerprint density at radius 2 is 1.55 bits per heavy atom. The van der Waals surface area contributed by atoms with Crippen LogP contribution in [-0.2, 0) is 26.2 Å². The average Bonchev–Trinajstić information content (AvgIpc) is 2.97. The number of halogens is 2. The molecule has 42 heavy (non-hydrogen) atoms. The standard InChI is InChI=1S/C30H35Cl2N3O6S/c1-6-26(30(37)33-7-2)34(18-23-24(31)9-8-10-25(23)32)29(36)19-35(21-13-11-20(3)12-14-21)42(38,39)22-15-16-27(40-4)28(17-22)41-5/h8-17,26H,6-7,18-19H2,1-5H3,(H,33,37)/t26-/m1/s1. The number of amides is 2. The van der Waals surface area contributed by atoms with E-state index in [1.54, 1.807) is 56.3 Å². The van der Waals surface area contributed by atoms with Gasteiger partial charge in [0, 0.05) is 34.8 Å². The van der Waals surface area contributed by atoms with E-state index in [1.165, 1.54) is 37.3 Å². The van der Waals surface area contributed by atoms with Gasteiger partial charge in [-0.25, -0.2) is 8.42 Å². The van der Waals surface area contributed by atoms with Crippen LogP contribution in [0.4, 0.5) is 5.69 Å². The molecule has 0 saturated heterocycles. The summed E-state index contributed by atoms with van der Waals surface area (Å²) in [6.45, 7) is 5.06. The Morgan fingerprint density at radius 1 is 0.929 bits per heavy atom. The lowest BCUT2D eigenvalue weighted by molar-refractivity contribution is -0.140. The number of benzene rings is 3. The van der Waals surface area contributed by atoms with Crippen LogP contribution in [0.3, 0.4) is 0 Å². The van der Waals surface area contributed by atoms with Gasteiger partial charge in [0.25, 0.3) is 10.0 Å². The van der Waals surface area contributed by atoms with E-state index < -0.39 is 28.5 Å². The predicted molar refractivity (Wildman–Crippen MR) is 165 cm³/mol. The highest BCUT2D eigenvalue weighted by atomic mass is 35.5. The van der Waals surface area contributed by atoms with Gasteiger partial charge in [0.1, 0.15) is 12.6 Å². The van der Waals surface area contributed by atoms with Crippen molar-refractivity contribution in [3.05, 3.63) is 81.8 Å². The summed E-state index contributed by atoms with van der Waals surface area (Å²) in [7, 11) is -1.46. The number of hydrogen-bond acceptors (Lipinski definition) is 6. The molecule has 0 unspecified atom stereocenters. The third-order valence-electron chi connectivity index (χ3n) is 6.67. The van der Waals surface area contributed by atoms with E-state index in [-0.39, 0.29) is 35.2 Å².